The van der Waals surface area contributed by atoms with Crippen molar-refractivity contribution in [3.63, 3.8) is 0 Å². The standard InChI is InChI=1S/C28H29ClFN3O2/c1-2-35-27(34)17-31-28(23-10-6-7-11-25(23)30)24-16-21(29)12-13-26(24)32-22-14-15-33(19-22)18-20-8-4-3-5-9-20/h3-13,16,22,32H,2,14-15,17-19H2,1H3. The zero-order valence-electron chi connectivity index (χ0n) is 19.7. The third-order valence-electron chi connectivity index (χ3n) is 5.92. The van der Waals surface area contributed by atoms with Gasteiger partial charge in [-0.25, -0.2) is 4.39 Å². The molecule has 1 N–H and O–H groups in total. The van der Waals surface area contributed by atoms with Gasteiger partial charge in [-0.3, -0.25) is 14.7 Å². The Kier molecular flexibility index (Phi) is 8.50. The molecule has 1 atom stereocenters. The number of nitrogens with zero attached hydrogens (tertiary/aromatic N) is 2. The molecule has 0 spiro atoms. The molecule has 7 heteroatoms. The first-order chi connectivity index (χ1) is 17.0. The molecular weight excluding hydrogens is 465 g/mol. The minimum atomic E-state index is -0.467. The van der Waals surface area contributed by atoms with Crippen molar-refractivity contribution in [2.24, 2.45) is 4.99 Å². The minimum Gasteiger partial charge on any atom is -0.465 e. The summed E-state index contributed by atoms with van der Waals surface area (Å²) in [5.41, 5.74) is 3.40. The van der Waals surface area contributed by atoms with Crippen LogP contribution in [0.5, 0.6) is 0 Å². The van der Waals surface area contributed by atoms with E-state index in [1.165, 1.54) is 11.6 Å². The largest absolute Gasteiger partial charge is 0.465 e. The topological polar surface area (TPSA) is 53.9 Å². The molecule has 0 saturated carbocycles. The van der Waals surface area contributed by atoms with Gasteiger partial charge in [-0.05, 0) is 49.2 Å². The van der Waals surface area contributed by atoms with Crippen LogP contribution in [0.1, 0.15) is 30.0 Å². The summed E-state index contributed by atoms with van der Waals surface area (Å²) in [6.07, 6.45) is 0.976. The van der Waals surface area contributed by atoms with Crippen molar-refractivity contribution in [1.82, 2.24) is 4.90 Å². The van der Waals surface area contributed by atoms with Crippen molar-refractivity contribution in [1.29, 1.82) is 0 Å². The first kappa shape index (κ1) is 24.9. The lowest BCUT2D eigenvalue weighted by Gasteiger charge is -2.20. The Morgan fingerprint density at radius 3 is 2.66 bits per heavy atom. The van der Waals surface area contributed by atoms with Gasteiger partial charge >= 0.3 is 5.97 Å². The van der Waals surface area contributed by atoms with Crippen LogP contribution in [0.15, 0.2) is 77.8 Å². The number of benzene rings is 3. The van der Waals surface area contributed by atoms with Crippen LogP contribution >= 0.6 is 11.6 Å². The van der Waals surface area contributed by atoms with E-state index in [1.807, 2.05) is 12.1 Å². The molecule has 35 heavy (non-hydrogen) atoms. The molecule has 0 radical (unpaired) electrons. The van der Waals surface area contributed by atoms with Crippen molar-refractivity contribution in [3.05, 3.63) is 100 Å². The van der Waals surface area contributed by atoms with Crippen molar-refractivity contribution >= 4 is 29.0 Å². The summed E-state index contributed by atoms with van der Waals surface area (Å²) < 4.78 is 19.9. The Morgan fingerprint density at radius 2 is 1.89 bits per heavy atom. The Hall–Kier alpha value is -3.22. The van der Waals surface area contributed by atoms with Crippen LogP contribution in [-0.4, -0.2) is 48.9 Å². The molecule has 0 amide bonds. The fourth-order valence-corrected chi connectivity index (χ4v) is 4.48. The molecular formula is C28H29ClFN3O2. The number of likely N-dealkylation sites (tertiary alicyclic amines) is 1. The van der Waals surface area contributed by atoms with E-state index in [2.05, 4.69) is 39.5 Å². The molecule has 0 aliphatic carbocycles. The van der Waals surface area contributed by atoms with Gasteiger partial charge in [0.15, 0.2) is 0 Å². The number of esters is 1. The molecule has 0 bridgehead atoms. The number of nitrogens with one attached hydrogen (secondary N) is 1. The van der Waals surface area contributed by atoms with Crippen LogP contribution < -0.4 is 5.32 Å². The average Bonchev–Trinajstić information content (AvgIpc) is 3.29. The number of carbonyl (C=O) groups excluding carboxylic acids is 1. The highest BCUT2D eigenvalue weighted by atomic mass is 35.5. The number of halogens is 2. The van der Waals surface area contributed by atoms with E-state index in [0.29, 0.717) is 21.9 Å². The van der Waals surface area contributed by atoms with Gasteiger partial charge < -0.3 is 10.1 Å². The van der Waals surface area contributed by atoms with Gasteiger partial charge in [0, 0.05) is 47.5 Å². The van der Waals surface area contributed by atoms with Crippen LogP contribution in [0, 0.1) is 5.82 Å². The third kappa shape index (κ3) is 6.68. The maximum Gasteiger partial charge on any atom is 0.327 e. The minimum absolute atomic E-state index is 0.211. The second kappa shape index (κ2) is 12.0. The van der Waals surface area contributed by atoms with E-state index in [0.717, 1.165) is 31.7 Å². The smallest absolute Gasteiger partial charge is 0.327 e. The number of rotatable bonds is 9. The summed E-state index contributed by atoms with van der Waals surface area (Å²) in [4.78, 5) is 18.9. The van der Waals surface area contributed by atoms with Crippen LogP contribution in [-0.2, 0) is 16.1 Å². The van der Waals surface area contributed by atoms with Gasteiger partial charge in [0.1, 0.15) is 12.4 Å². The number of anilines is 1. The van der Waals surface area contributed by atoms with Gasteiger partial charge in [-0.2, -0.15) is 0 Å². The Morgan fingerprint density at radius 1 is 1.11 bits per heavy atom. The summed E-state index contributed by atoms with van der Waals surface area (Å²) in [5.74, 6) is -0.888. The van der Waals surface area contributed by atoms with Crippen LogP contribution in [0.2, 0.25) is 5.02 Å². The maximum absolute atomic E-state index is 14.8. The van der Waals surface area contributed by atoms with Crippen molar-refractivity contribution in [2.75, 3.05) is 31.6 Å². The van der Waals surface area contributed by atoms with Crippen molar-refractivity contribution in [3.8, 4) is 0 Å². The van der Waals surface area contributed by atoms with E-state index in [4.69, 9.17) is 16.3 Å². The molecule has 1 saturated heterocycles. The number of hydrogen-bond donors (Lipinski definition) is 1. The molecule has 4 rings (SSSR count). The average molecular weight is 494 g/mol. The van der Waals surface area contributed by atoms with Gasteiger partial charge in [0.05, 0.1) is 12.3 Å². The van der Waals surface area contributed by atoms with E-state index in [-0.39, 0.29) is 19.2 Å². The number of carbonyl (C=O) groups is 1. The van der Waals surface area contributed by atoms with Gasteiger partial charge in [-0.15, -0.1) is 0 Å². The summed E-state index contributed by atoms with van der Waals surface area (Å²) in [6, 6.07) is 22.5. The number of ether oxygens (including phenoxy) is 1. The van der Waals surface area contributed by atoms with Gasteiger partial charge in [0.2, 0.25) is 0 Å². The van der Waals surface area contributed by atoms with Gasteiger partial charge in [0.25, 0.3) is 0 Å². The predicted octanol–water partition coefficient (Wildman–Crippen LogP) is 5.57. The van der Waals surface area contributed by atoms with E-state index in [9.17, 15) is 9.18 Å². The lowest BCUT2D eigenvalue weighted by molar-refractivity contribution is -0.141. The lowest BCUT2D eigenvalue weighted by atomic mass is 9.99. The lowest BCUT2D eigenvalue weighted by Crippen LogP contribution is -2.27. The molecule has 0 aromatic heterocycles. The second-order valence-electron chi connectivity index (χ2n) is 8.49. The monoisotopic (exact) mass is 493 g/mol. The van der Waals surface area contributed by atoms with Crippen molar-refractivity contribution in [2.45, 2.75) is 25.9 Å². The van der Waals surface area contributed by atoms with Crippen LogP contribution in [0.25, 0.3) is 0 Å². The quantitative estimate of drug-likeness (QED) is 0.313. The molecule has 3 aromatic carbocycles. The fraction of sp³-hybridized carbons (Fsp3) is 0.286. The molecule has 182 valence electrons. The van der Waals surface area contributed by atoms with E-state index < -0.39 is 11.8 Å². The molecule has 1 aliphatic heterocycles. The van der Waals surface area contributed by atoms with Crippen LogP contribution in [0.3, 0.4) is 0 Å². The van der Waals surface area contributed by atoms with Crippen LogP contribution in [0.4, 0.5) is 10.1 Å². The summed E-state index contributed by atoms with van der Waals surface area (Å²) in [7, 11) is 0. The highest BCUT2D eigenvalue weighted by Crippen LogP contribution is 2.28. The molecule has 1 fully saturated rings. The molecule has 1 unspecified atom stereocenters. The molecule has 5 nitrogen and oxygen atoms in total. The van der Waals surface area contributed by atoms with Gasteiger partial charge in [-0.1, -0.05) is 54.1 Å². The highest BCUT2D eigenvalue weighted by molar-refractivity contribution is 6.31. The molecule has 1 heterocycles. The Labute approximate surface area is 210 Å². The normalized spacial score (nSPS) is 16.3. The first-order valence-electron chi connectivity index (χ1n) is 11.8. The number of hydrogen-bond acceptors (Lipinski definition) is 5. The molecule has 1 aliphatic rings. The summed E-state index contributed by atoms with van der Waals surface area (Å²) >= 11 is 6.35. The highest BCUT2D eigenvalue weighted by Gasteiger charge is 2.24. The molecule has 3 aromatic rings. The predicted molar refractivity (Wildman–Crippen MR) is 139 cm³/mol. The third-order valence-corrected chi connectivity index (χ3v) is 6.15. The van der Waals surface area contributed by atoms with Crippen molar-refractivity contribution < 1.29 is 13.9 Å². The second-order valence-corrected chi connectivity index (χ2v) is 8.93. The Balaban J connectivity index is 1.59. The van der Waals surface area contributed by atoms with E-state index >= 15 is 0 Å². The Bertz CT molecular complexity index is 1190. The SMILES string of the molecule is CCOC(=O)CN=C(c1ccccc1F)c1cc(Cl)ccc1NC1CCN(Cc2ccccc2)C1. The zero-order valence-corrected chi connectivity index (χ0v) is 20.5. The summed E-state index contributed by atoms with van der Waals surface area (Å²) in [6.45, 7) is 4.54. The fourth-order valence-electron chi connectivity index (χ4n) is 4.31. The first-order valence-corrected chi connectivity index (χ1v) is 12.2. The zero-order chi connectivity index (χ0) is 24.6. The maximum atomic E-state index is 14.8. The number of aliphatic imine (C=N–C) groups is 1. The van der Waals surface area contributed by atoms with E-state index in [1.54, 1.807) is 37.3 Å². The summed E-state index contributed by atoms with van der Waals surface area (Å²) in [5, 5.41) is 4.12.